The van der Waals surface area contributed by atoms with Crippen molar-refractivity contribution in [2.45, 2.75) is 38.3 Å². The molecule has 31 heavy (non-hydrogen) atoms. The van der Waals surface area contributed by atoms with Gasteiger partial charge < -0.3 is 48.8 Å². The third kappa shape index (κ3) is 21.9. The molecule has 0 amide bonds. The van der Waals surface area contributed by atoms with Gasteiger partial charge in [-0.25, -0.2) is 22.9 Å². The van der Waals surface area contributed by atoms with Crippen LogP contribution in [0.1, 0.15) is 26.5 Å². The molecule has 2 rings (SSSR count). The first-order valence-corrected chi connectivity index (χ1v) is 12.1. The molecule has 0 bridgehead atoms. The quantitative estimate of drug-likeness (QED) is 0.175. The zero-order chi connectivity index (χ0) is 25.4. The molecule has 2 heterocycles. The first-order chi connectivity index (χ1) is 13.4. The van der Waals surface area contributed by atoms with E-state index < -0.39 is 46.6 Å². The van der Waals surface area contributed by atoms with Crippen molar-refractivity contribution < 1.29 is 66.9 Å². The van der Waals surface area contributed by atoms with Crippen molar-refractivity contribution in [1.29, 1.82) is 0 Å². The van der Waals surface area contributed by atoms with Crippen LogP contribution in [0.2, 0.25) is 0 Å². The van der Waals surface area contributed by atoms with Crippen LogP contribution in [0.3, 0.4) is 0 Å². The Hall–Kier alpha value is -1.10. The number of halogens is 1. The van der Waals surface area contributed by atoms with Gasteiger partial charge in [0, 0.05) is 18.7 Å². The van der Waals surface area contributed by atoms with E-state index in [1.807, 2.05) is 0 Å². The molecule has 0 saturated carbocycles. The molecule has 17 nitrogen and oxygen atoms in total. The normalized spacial score (nSPS) is 23.4. The fraction of sp³-hybridized carbons (Fsp3) is 0.600. The highest BCUT2D eigenvalue weighted by molar-refractivity contribution is 7.45. The Morgan fingerprint density at radius 2 is 1.35 bits per heavy atom. The molecule has 1 aromatic rings. The van der Waals surface area contributed by atoms with Crippen LogP contribution in [0, 0.1) is 0 Å². The van der Waals surface area contributed by atoms with Crippen LogP contribution in [0.15, 0.2) is 21.9 Å². The summed E-state index contributed by atoms with van der Waals surface area (Å²) in [5.74, 6) is 0. The SMILES string of the molecule is C[C@H]1C[C@@](C)(F)[C@H](n2ccc(=O)[nH]c2=O)O1.O=P(O)(O)O.O=P(O)(O)O.O=P(O)(O)O. The highest BCUT2D eigenvalue weighted by atomic mass is 31.2. The Labute approximate surface area is 172 Å². The number of rotatable bonds is 1. The number of H-pyrrole nitrogens is 1. The molecule has 21 heteroatoms. The van der Waals surface area contributed by atoms with E-state index in [-0.39, 0.29) is 12.5 Å². The van der Waals surface area contributed by atoms with E-state index in [9.17, 15) is 14.0 Å². The molecular weight excluding hydrogens is 500 g/mol. The summed E-state index contributed by atoms with van der Waals surface area (Å²) in [5, 5.41) is 0. The van der Waals surface area contributed by atoms with Gasteiger partial charge in [-0.1, -0.05) is 0 Å². The maximum absolute atomic E-state index is 14.1. The summed E-state index contributed by atoms with van der Waals surface area (Å²) in [5.41, 5.74) is -2.77. The minimum Gasteiger partial charge on any atom is -0.351 e. The fourth-order valence-electron chi connectivity index (χ4n) is 2.04. The van der Waals surface area contributed by atoms with E-state index in [4.69, 9.17) is 62.5 Å². The van der Waals surface area contributed by atoms with Crippen molar-refractivity contribution in [1.82, 2.24) is 9.55 Å². The van der Waals surface area contributed by atoms with Crippen molar-refractivity contribution in [3.8, 4) is 0 Å². The second-order valence-electron chi connectivity index (χ2n) is 5.84. The van der Waals surface area contributed by atoms with Gasteiger partial charge >= 0.3 is 29.2 Å². The summed E-state index contributed by atoms with van der Waals surface area (Å²) in [6.45, 7) is 3.13. The largest absolute Gasteiger partial charge is 0.466 e. The van der Waals surface area contributed by atoms with Gasteiger partial charge in [-0.2, -0.15) is 0 Å². The third-order valence-corrected chi connectivity index (χ3v) is 2.67. The van der Waals surface area contributed by atoms with Crippen molar-refractivity contribution in [2.75, 3.05) is 0 Å². The summed E-state index contributed by atoms with van der Waals surface area (Å²) < 4.78 is 47.2. The van der Waals surface area contributed by atoms with Crippen LogP contribution >= 0.6 is 23.5 Å². The molecule has 184 valence electrons. The van der Waals surface area contributed by atoms with Crippen LogP contribution in [0.25, 0.3) is 0 Å². The second-order valence-corrected chi connectivity index (χ2v) is 8.92. The van der Waals surface area contributed by atoms with Crippen LogP contribution in [-0.4, -0.2) is 65.4 Å². The van der Waals surface area contributed by atoms with Gasteiger partial charge in [-0.15, -0.1) is 0 Å². The maximum Gasteiger partial charge on any atom is 0.466 e. The van der Waals surface area contributed by atoms with Crippen molar-refractivity contribution in [3.63, 3.8) is 0 Å². The molecule has 1 aliphatic rings. The van der Waals surface area contributed by atoms with Gasteiger partial charge in [-0.3, -0.25) is 14.3 Å². The second kappa shape index (κ2) is 12.2. The molecule has 3 atom stereocenters. The van der Waals surface area contributed by atoms with Crippen molar-refractivity contribution >= 4 is 23.5 Å². The van der Waals surface area contributed by atoms with Gasteiger partial charge in [0.25, 0.3) is 5.56 Å². The number of aromatic nitrogens is 2. The molecule has 10 N–H and O–H groups in total. The summed E-state index contributed by atoms with van der Waals surface area (Å²) in [4.78, 5) is 89.1. The average Bonchev–Trinajstić information content (AvgIpc) is 2.65. The predicted molar refractivity (Wildman–Crippen MR) is 97.8 cm³/mol. The minimum absolute atomic E-state index is 0.225. The van der Waals surface area contributed by atoms with Crippen LogP contribution in [-0.2, 0) is 18.4 Å². The lowest BCUT2D eigenvalue weighted by Crippen LogP contribution is -2.38. The Bertz CT molecular complexity index is 871. The summed E-state index contributed by atoms with van der Waals surface area (Å²) in [6.07, 6.45) is 0.246. The summed E-state index contributed by atoms with van der Waals surface area (Å²) in [7, 11) is -13.9. The number of nitrogens with one attached hydrogen (secondary N) is 1. The highest BCUT2D eigenvalue weighted by Crippen LogP contribution is 2.39. The zero-order valence-corrected chi connectivity index (χ0v) is 18.3. The number of phosphoric acid groups is 3. The number of ether oxygens (including phenoxy) is 1. The van der Waals surface area contributed by atoms with E-state index in [1.165, 1.54) is 19.2 Å². The van der Waals surface area contributed by atoms with E-state index in [2.05, 4.69) is 4.98 Å². The van der Waals surface area contributed by atoms with E-state index in [0.29, 0.717) is 0 Å². The first-order valence-electron chi connectivity index (χ1n) is 7.41. The average molecular weight is 522 g/mol. The van der Waals surface area contributed by atoms with Crippen molar-refractivity contribution in [3.05, 3.63) is 33.1 Å². The zero-order valence-electron chi connectivity index (χ0n) is 15.7. The van der Waals surface area contributed by atoms with Gasteiger partial charge in [0.05, 0.1) is 6.10 Å². The summed E-state index contributed by atoms with van der Waals surface area (Å²) >= 11 is 0. The lowest BCUT2D eigenvalue weighted by Gasteiger charge is -2.22. The fourth-order valence-corrected chi connectivity index (χ4v) is 2.04. The van der Waals surface area contributed by atoms with Crippen LogP contribution in [0.5, 0.6) is 0 Å². The molecule has 0 aromatic carbocycles. The molecule has 0 spiro atoms. The van der Waals surface area contributed by atoms with E-state index in [1.54, 1.807) is 6.92 Å². The minimum atomic E-state index is -4.64. The molecular formula is C10H22FN2O15P3. The highest BCUT2D eigenvalue weighted by Gasteiger charge is 2.45. The smallest absolute Gasteiger partial charge is 0.351 e. The third-order valence-electron chi connectivity index (χ3n) is 2.67. The Kier molecular flexibility index (Phi) is 12.6. The molecule has 1 aromatic heterocycles. The molecule has 0 unspecified atom stereocenters. The topological polar surface area (TPSA) is 297 Å². The number of aromatic amines is 1. The molecule has 0 aliphatic carbocycles. The monoisotopic (exact) mass is 522 g/mol. The number of hydrogen-bond donors (Lipinski definition) is 10. The van der Waals surface area contributed by atoms with Gasteiger partial charge in [0.2, 0.25) is 0 Å². The standard InChI is InChI=1S/C10H13FN2O3.3H3O4P/c1-6-5-10(2,11)8(16-6)13-4-3-7(14)12-9(13)15;3*1-5(2,3)4/h3-4,6,8H,5H2,1-2H3,(H,12,14,15);3*(H3,1,2,3,4)/t6-,8+,10+;;;/m0.../s1. The van der Waals surface area contributed by atoms with E-state index >= 15 is 0 Å². The van der Waals surface area contributed by atoms with Crippen LogP contribution in [0.4, 0.5) is 4.39 Å². The molecule has 1 aliphatic heterocycles. The van der Waals surface area contributed by atoms with Crippen molar-refractivity contribution in [2.24, 2.45) is 0 Å². The van der Waals surface area contributed by atoms with Gasteiger partial charge in [-0.05, 0) is 13.8 Å². The Morgan fingerprint density at radius 3 is 1.61 bits per heavy atom. The van der Waals surface area contributed by atoms with Gasteiger partial charge in [0.15, 0.2) is 11.9 Å². The maximum atomic E-state index is 14.1. The lowest BCUT2D eigenvalue weighted by atomic mass is 10.0. The number of nitrogens with zero attached hydrogens (tertiary/aromatic N) is 1. The van der Waals surface area contributed by atoms with E-state index in [0.717, 1.165) is 4.57 Å². The lowest BCUT2D eigenvalue weighted by molar-refractivity contribution is -0.0449. The Morgan fingerprint density at radius 1 is 1.00 bits per heavy atom. The number of hydrogen-bond acceptors (Lipinski definition) is 6. The Balaban J connectivity index is 0. The first kappa shape index (κ1) is 32.1. The summed E-state index contributed by atoms with van der Waals surface area (Å²) in [6, 6.07) is 1.17. The molecule has 1 saturated heterocycles. The number of alkyl halides is 1. The molecule has 0 radical (unpaired) electrons. The van der Waals surface area contributed by atoms with Gasteiger partial charge in [0.1, 0.15) is 0 Å². The van der Waals surface area contributed by atoms with Crippen LogP contribution < -0.4 is 11.2 Å². The predicted octanol–water partition coefficient (Wildman–Crippen LogP) is -2.21. The molecule has 1 fully saturated rings.